The van der Waals surface area contributed by atoms with Gasteiger partial charge < -0.3 is 15.2 Å². The van der Waals surface area contributed by atoms with Crippen LogP contribution < -0.4 is 10.1 Å². The van der Waals surface area contributed by atoms with Gasteiger partial charge in [-0.25, -0.2) is 8.42 Å². The first-order chi connectivity index (χ1) is 14.3. The van der Waals surface area contributed by atoms with Gasteiger partial charge in [0.05, 0.1) is 11.5 Å². The molecule has 2 atom stereocenters. The van der Waals surface area contributed by atoms with Gasteiger partial charge in [-0.3, -0.25) is 9.69 Å². The van der Waals surface area contributed by atoms with Crippen LogP contribution in [0, 0.1) is 6.92 Å². The number of nitrogens with zero attached hydrogens (tertiary/aromatic N) is 1. The fourth-order valence-electron chi connectivity index (χ4n) is 3.42. The third-order valence-electron chi connectivity index (χ3n) is 5.05. The second-order valence-corrected chi connectivity index (χ2v) is 9.83. The Morgan fingerprint density at radius 1 is 1.13 bits per heavy atom. The zero-order valence-corrected chi connectivity index (χ0v) is 17.8. The van der Waals surface area contributed by atoms with Crippen molar-refractivity contribution in [2.45, 2.75) is 19.1 Å². The number of benzene rings is 2. The summed E-state index contributed by atoms with van der Waals surface area (Å²) in [7, 11) is -3.05. The molecule has 2 unspecified atom stereocenters. The Kier molecular flexibility index (Phi) is 7.47. The van der Waals surface area contributed by atoms with Crippen LogP contribution in [0.5, 0.6) is 5.75 Å². The molecular formula is C22H28N2O5S. The Hall–Kier alpha value is -2.42. The number of carbonyl (C=O) groups is 1. The lowest BCUT2D eigenvalue weighted by atomic mass is 10.0. The van der Waals surface area contributed by atoms with Crippen LogP contribution in [0.4, 0.5) is 0 Å². The van der Waals surface area contributed by atoms with Crippen molar-refractivity contribution in [3.8, 4) is 5.75 Å². The number of ether oxygens (including phenoxy) is 1. The molecule has 1 fully saturated rings. The van der Waals surface area contributed by atoms with Gasteiger partial charge in [-0.15, -0.1) is 0 Å². The summed E-state index contributed by atoms with van der Waals surface area (Å²) in [6.45, 7) is 2.66. The van der Waals surface area contributed by atoms with E-state index in [4.69, 9.17) is 4.74 Å². The second-order valence-electron chi connectivity index (χ2n) is 7.53. The van der Waals surface area contributed by atoms with Crippen molar-refractivity contribution in [2.24, 2.45) is 0 Å². The minimum absolute atomic E-state index is 0.0383. The molecule has 1 aliphatic rings. The monoisotopic (exact) mass is 432 g/mol. The summed E-state index contributed by atoms with van der Waals surface area (Å²) in [5.74, 6) is 0.472. The second kappa shape index (κ2) is 10.1. The lowest BCUT2D eigenvalue weighted by Gasteiger charge is -2.33. The van der Waals surface area contributed by atoms with E-state index in [1.54, 1.807) is 0 Å². The average Bonchev–Trinajstić information content (AvgIpc) is 2.73. The third kappa shape index (κ3) is 6.29. The highest BCUT2D eigenvalue weighted by Gasteiger charge is 2.32. The van der Waals surface area contributed by atoms with Gasteiger partial charge in [-0.1, -0.05) is 42.5 Å². The first-order valence-corrected chi connectivity index (χ1v) is 11.8. The number of sulfone groups is 1. The summed E-state index contributed by atoms with van der Waals surface area (Å²) in [6, 6.07) is 16.2. The van der Waals surface area contributed by atoms with Crippen LogP contribution in [0.2, 0.25) is 0 Å². The van der Waals surface area contributed by atoms with E-state index < -0.39 is 22.0 Å². The van der Waals surface area contributed by atoms with Crippen LogP contribution in [0.15, 0.2) is 54.6 Å². The van der Waals surface area contributed by atoms with E-state index in [0.29, 0.717) is 18.8 Å². The summed E-state index contributed by atoms with van der Waals surface area (Å²) in [4.78, 5) is 14.8. The van der Waals surface area contributed by atoms with Crippen molar-refractivity contribution < 1.29 is 23.1 Å². The van der Waals surface area contributed by atoms with Crippen molar-refractivity contribution >= 4 is 15.7 Å². The highest BCUT2D eigenvalue weighted by molar-refractivity contribution is 7.91. The topological polar surface area (TPSA) is 95.9 Å². The molecule has 1 saturated heterocycles. The highest BCUT2D eigenvalue weighted by atomic mass is 32.2. The minimum Gasteiger partial charge on any atom is -0.491 e. The van der Waals surface area contributed by atoms with Crippen molar-refractivity contribution in [3.63, 3.8) is 0 Å². The summed E-state index contributed by atoms with van der Waals surface area (Å²) < 4.78 is 29.1. The van der Waals surface area contributed by atoms with Crippen molar-refractivity contribution in [1.29, 1.82) is 0 Å². The van der Waals surface area contributed by atoms with E-state index in [1.807, 2.05) is 66.4 Å². The largest absolute Gasteiger partial charge is 0.491 e. The van der Waals surface area contributed by atoms with E-state index in [0.717, 1.165) is 11.1 Å². The first kappa shape index (κ1) is 22.3. The van der Waals surface area contributed by atoms with Gasteiger partial charge in [-0.2, -0.15) is 0 Å². The van der Waals surface area contributed by atoms with E-state index in [2.05, 4.69) is 5.32 Å². The molecule has 2 aromatic rings. The quantitative estimate of drug-likeness (QED) is 0.653. The SMILES string of the molecule is Cc1cccc(OCC(O)CNC(=O)C(c2ccccc2)N2CCS(=O)(=O)CC2)c1. The van der Waals surface area contributed by atoms with Gasteiger partial charge in [0.15, 0.2) is 9.84 Å². The number of hydrogen-bond donors (Lipinski definition) is 2. The molecule has 30 heavy (non-hydrogen) atoms. The molecule has 162 valence electrons. The zero-order chi connectivity index (χ0) is 21.6. The maximum atomic E-state index is 13.0. The van der Waals surface area contributed by atoms with Gasteiger partial charge in [0, 0.05) is 19.6 Å². The molecule has 2 N–H and O–H groups in total. The lowest BCUT2D eigenvalue weighted by Crippen LogP contribution is -2.48. The molecule has 1 aliphatic heterocycles. The number of amides is 1. The Bertz CT molecular complexity index is 935. The Morgan fingerprint density at radius 2 is 1.83 bits per heavy atom. The van der Waals surface area contributed by atoms with Crippen LogP contribution in [-0.4, -0.2) is 68.2 Å². The van der Waals surface area contributed by atoms with Crippen molar-refractivity contribution in [1.82, 2.24) is 10.2 Å². The average molecular weight is 433 g/mol. The zero-order valence-electron chi connectivity index (χ0n) is 17.0. The van der Waals surface area contributed by atoms with Crippen LogP contribution in [0.3, 0.4) is 0 Å². The van der Waals surface area contributed by atoms with Crippen LogP contribution in [0.1, 0.15) is 17.2 Å². The molecule has 3 rings (SSSR count). The predicted octanol–water partition coefficient (Wildman–Crippen LogP) is 1.32. The number of nitrogens with one attached hydrogen (secondary N) is 1. The summed E-state index contributed by atoms with van der Waals surface area (Å²) >= 11 is 0. The molecule has 8 heteroatoms. The van der Waals surface area contributed by atoms with Gasteiger partial charge in [0.25, 0.3) is 0 Å². The van der Waals surface area contributed by atoms with E-state index in [1.165, 1.54) is 0 Å². The smallest absolute Gasteiger partial charge is 0.242 e. The van der Waals surface area contributed by atoms with Gasteiger partial charge in [-0.05, 0) is 30.2 Å². The number of aryl methyl sites for hydroxylation is 1. The molecule has 0 saturated carbocycles. The third-order valence-corrected chi connectivity index (χ3v) is 6.66. The Morgan fingerprint density at radius 3 is 2.50 bits per heavy atom. The van der Waals surface area contributed by atoms with E-state index >= 15 is 0 Å². The molecule has 1 amide bonds. The maximum absolute atomic E-state index is 13.0. The fraction of sp³-hybridized carbons (Fsp3) is 0.409. The number of rotatable bonds is 8. The van der Waals surface area contributed by atoms with Crippen LogP contribution in [0.25, 0.3) is 0 Å². The minimum atomic E-state index is -3.05. The first-order valence-electron chi connectivity index (χ1n) is 9.99. The van der Waals surface area contributed by atoms with Crippen molar-refractivity contribution in [2.75, 3.05) is 37.7 Å². The summed E-state index contributed by atoms with van der Waals surface area (Å²) in [6.07, 6.45) is -0.868. The van der Waals surface area contributed by atoms with Gasteiger partial charge in [0.2, 0.25) is 5.91 Å². The molecule has 0 radical (unpaired) electrons. The normalized spacial score (nSPS) is 18.3. The molecule has 2 aromatic carbocycles. The van der Waals surface area contributed by atoms with Crippen LogP contribution >= 0.6 is 0 Å². The van der Waals surface area contributed by atoms with Gasteiger partial charge in [0.1, 0.15) is 24.5 Å². The Balaban J connectivity index is 1.59. The molecule has 0 spiro atoms. The number of aliphatic hydroxyl groups excluding tert-OH is 1. The Labute approximate surface area is 177 Å². The predicted molar refractivity (Wildman–Crippen MR) is 115 cm³/mol. The number of hydrogen-bond acceptors (Lipinski definition) is 6. The molecule has 0 bridgehead atoms. The standard InChI is InChI=1S/C22H28N2O5S/c1-17-6-5-9-20(14-17)29-16-19(25)15-23-22(26)21(18-7-3-2-4-8-18)24-10-12-30(27,28)13-11-24/h2-9,14,19,21,25H,10-13,15-16H2,1H3,(H,23,26). The van der Waals surface area contributed by atoms with E-state index in [9.17, 15) is 18.3 Å². The van der Waals surface area contributed by atoms with Crippen LogP contribution in [-0.2, 0) is 14.6 Å². The highest BCUT2D eigenvalue weighted by Crippen LogP contribution is 2.23. The molecular weight excluding hydrogens is 404 g/mol. The summed E-state index contributed by atoms with van der Waals surface area (Å²) in [5.41, 5.74) is 1.85. The molecule has 0 aromatic heterocycles. The fourth-order valence-corrected chi connectivity index (χ4v) is 4.65. The summed E-state index contributed by atoms with van der Waals surface area (Å²) in [5, 5.41) is 13.0. The van der Waals surface area contributed by atoms with Crippen molar-refractivity contribution in [3.05, 3.63) is 65.7 Å². The molecule has 1 heterocycles. The lowest BCUT2D eigenvalue weighted by molar-refractivity contribution is -0.127. The van der Waals surface area contributed by atoms with E-state index in [-0.39, 0.29) is 30.6 Å². The molecule has 7 nitrogen and oxygen atoms in total. The molecule has 0 aliphatic carbocycles. The number of aliphatic hydroxyl groups is 1. The van der Waals surface area contributed by atoms with Gasteiger partial charge >= 0.3 is 0 Å². The number of carbonyl (C=O) groups excluding carboxylic acids is 1. The maximum Gasteiger partial charge on any atom is 0.242 e.